The molecule has 2 heterocycles. The monoisotopic (exact) mass is 455 g/mol. The third-order valence-corrected chi connectivity index (χ3v) is 7.84. The molecule has 32 heavy (non-hydrogen) atoms. The highest BCUT2D eigenvalue weighted by atomic mass is 35.5. The van der Waals surface area contributed by atoms with Crippen LogP contribution in [0.2, 0.25) is 5.02 Å². The Morgan fingerprint density at radius 2 is 1.72 bits per heavy atom. The van der Waals surface area contributed by atoms with E-state index >= 15 is 0 Å². The number of rotatable bonds is 4. The lowest BCUT2D eigenvalue weighted by Crippen LogP contribution is -2.54. The van der Waals surface area contributed by atoms with E-state index in [4.69, 9.17) is 11.6 Å². The maximum Gasteiger partial charge on any atom is 0.325 e. The van der Waals surface area contributed by atoms with Gasteiger partial charge >= 0.3 is 6.03 Å². The number of likely N-dealkylation sites (tertiary alicyclic amines) is 1. The Balaban J connectivity index is 1.25. The quantitative estimate of drug-likeness (QED) is 0.704. The Morgan fingerprint density at radius 1 is 1.06 bits per heavy atom. The molecule has 1 atom stereocenters. The largest absolute Gasteiger partial charge is 0.325 e. The molecule has 2 aromatic carbocycles. The predicted octanol–water partition coefficient (Wildman–Crippen LogP) is 4.17. The van der Waals surface area contributed by atoms with Crippen LogP contribution in [0.15, 0.2) is 42.5 Å². The molecule has 2 aliphatic heterocycles. The summed E-state index contributed by atoms with van der Waals surface area (Å²) in [4.78, 5) is 30.0. The first-order valence-electron chi connectivity index (χ1n) is 11.2. The number of imide groups is 1. The van der Waals surface area contributed by atoms with E-state index in [9.17, 15) is 14.0 Å². The second kappa shape index (κ2) is 8.16. The molecule has 2 fully saturated rings. The van der Waals surface area contributed by atoms with Crippen LogP contribution in [-0.2, 0) is 24.2 Å². The average Bonchev–Trinajstić information content (AvgIpc) is 3.29. The molecule has 2 aromatic rings. The summed E-state index contributed by atoms with van der Waals surface area (Å²) in [5.41, 5.74) is 2.04. The second-order valence-corrected chi connectivity index (χ2v) is 9.80. The van der Waals surface area contributed by atoms with Crippen LogP contribution in [0.4, 0.5) is 9.18 Å². The van der Waals surface area contributed by atoms with Crippen LogP contribution in [-0.4, -0.2) is 46.4 Å². The lowest BCUT2D eigenvalue weighted by atomic mass is 9.78. The van der Waals surface area contributed by atoms with Crippen LogP contribution in [0.1, 0.15) is 36.5 Å². The fourth-order valence-electron chi connectivity index (χ4n) is 5.58. The minimum atomic E-state index is -0.895. The Labute approximate surface area is 192 Å². The average molecular weight is 456 g/mol. The SMILES string of the molecule is C[C@]1(C2CCN(Cc3c(F)cccc3Cl)CC2)NC(=O)N(C2Cc3ccccc3C2)C1=O. The van der Waals surface area contributed by atoms with Gasteiger partial charge in [0.1, 0.15) is 11.4 Å². The third-order valence-electron chi connectivity index (χ3n) is 7.49. The van der Waals surface area contributed by atoms with Crippen LogP contribution in [0, 0.1) is 11.7 Å². The highest BCUT2D eigenvalue weighted by molar-refractivity contribution is 6.31. The zero-order chi connectivity index (χ0) is 22.5. The smallest absolute Gasteiger partial charge is 0.323 e. The van der Waals surface area contributed by atoms with E-state index < -0.39 is 5.54 Å². The molecule has 5 nitrogen and oxygen atoms in total. The van der Waals surface area contributed by atoms with Crippen molar-refractivity contribution in [3.63, 3.8) is 0 Å². The van der Waals surface area contributed by atoms with Crippen LogP contribution < -0.4 is 5.32 Å². The van der Waals surface area contributed by atoms with Gasteiger partial charge in [0, 0.05) is 23.2 Å². The van der Waals surface area contributed by atoms with Crippen LogP contribution in [0.3, 0.4) is 0 Å². The Bertz CT molecular complexity index is 1020. The number of nitrogens with one attached hydrogen (secondary N) is 1. The van der Waals surface area contributed by atoms with Gasteiger partial charge in [-0.25, -0.2) is 9.18 Å². The number of nitrogens with zero attached hydrogens (tertiary/aromatic N) is 2. The molecule has 168 valence electrons. The number of carbonyl (C=O) groups is 2. The van der Waals surface area contributed by atoms with Gasteiger partial charge in [-0.2, -0.15) is 0 Å². The highest BCUT2D eigenvalue weighted by Crippen LogP contribution is 2.37. The van der Waals surface area contributed by atoms with Crippen molar-refractivity contribution in [2.75, 3.05) is 13.1 Å². The van der Waals surface area contributed by atoms with Crippen molar-refractivity contribution >= 4 is 23.5 Å². The first-order chi connectivity index (χ1) is 15.4. The first-order valence-corrected chi connectivity index (χ1v) is 11.6. The van der Waals surface area contributed by atoms with E-state index in [2.05, 4.69) is 22.3 Å². The number of carbonyl (C=O) groups excluding carboxylic acids is 2. The number of urea groups is 1. The Morgan fingerprint density at radius 3 is 2.34 bits per heavy atom. The number of hydrogen-bond donors (Lipinski definition) is 1. The van der Waals surface area contributed by atoms with E-state index in [1.165, 1.54) is 22.1 Å². The minimum absolute atomic E-state index is 0.0417. The Hall–Kier alpha value is -2.44. The van der Waals surface area contributed by atoms with Gasteiger partial charge in [0.05, 0.1) is 0 Å². The molecular formula is C25H27ClFN3O2. The number of halogens is 2. The van der Waals surface area contributed by atoms with Gasteiger partial charge in [0.2, 0.25) is 0 Å². The summed E-state index contributed by atoms with van der Waals surface area (Å²) in [5.74, 6) is -0.367. The zero-order valence-corrected chi connectivity index (χ0v) is 18.9. The van der Waals surface area contributed by atoms with Gasteiger partial charge in [-0.3, -0.25) is 14.6 Å². The molecule has 0 radical (unpaired) electrons. The van der Waals surface area contributed by atoms with Crippen LogP contribution in [0.25, 0.3) is 0 Å². The number of piperidine rings is 1. The summed E-state index contributed by atoms with van der Waals surface area (Å²) in [5, 5.41) is 3.46. The lowest BCUT2D eigenvalue weighted by Gasteiger charge is -2.39. The predicted molar refractivity (Wildman–Crippen MR) is 121 cm³/mol. The van der Waals surface area contributed by atoms with Crippen LogP contribution >= 0.6 is 11.6 Å². The van der Waals surface area contributed by atoms with Crippen molar-refractivity contribution in [1.82, 2.24) is 15.1 Å². The molecule has 7 heteroatoms. The molecule has 0 unspecified atom stereocenters. The van der Waals surface area contributed by atoms with Crippen molar-refractivity contribution < 1.29 is 14.0 Å². The number of benzene rings is 2. The van der Waals surface area contributed by atoms with Crippen LogP contribution in [0.5, 0.6) is 0 Å². The summed E-state index contributed by atoms with van der Waals surface area (Å²) in [6.45, 7) is 3.76. The summed E-state index contributed by atoms with van der Waals surface area (Å²) in [6, 6.07) is 12.5. The van der Waals surface area contributed by atoms with Gasteiger partial charge in [-0.05, 0) is 74.9 Å². The fourth-order valence-corrected chi connectivity index (χ4v) is 5.80. The normalized spacial score (nSPS) is 24.8. The van der Waals surface area contributed by atoms with Gasteiger partial charge in [0.15, 0.2) is 0 Å². The third kappa shape index (κ3) is 3.59. The van der Waals surface area contributed by atoms with E-state index in [1.54, 1.807) is 12.1 Å². The highest BCUT2D eigenvalue weighted by Gasteiger charge is 2.55. The first kappa shape index (κ1) is 21.4. The van der Waals surface area contributed by atoms with Crippen molar-refractivity contribution in [2.45, 2.75) is 50.7 Å². The molecule has 0 spiro atoms. The van der Waals surface area contributed by atoms with Crippen molar-refractivity contribution in [2.24, 2.45) is 5.92 Å². The minimum Gasteiger partial charge on any atom is -0.323 e. The molecule has 0 saturated carbocycles. The van der Waals surface area contributed by atoms with Crippen molar-refractivity contribution in [1.29, 1.82) is 0 Å². The van der Waals surface area contributed by atoms with Gasteiger partial charge in [-0.15, -0.1) is 0 Å². The van der Waals surface area contributed by atoms with E-state index in [0.717, 1.165) is 25.9 Å². The topological polar surface area (TPSA) is 52.7 Å². The number of amides is 3. The molecule has 0 aromatic heterocycles. The molecule has 2 saturated heterocycles. The second-order valence-electron chi connectivity index (χ2n) is 9.39. The fraction of sp³-hybridized carbons (Fsp3) is 0.440. The summed E-state index contributed by atoms with van der Waals surface area (Å²) in [6.07, 6.45) is 2.95. The number of fused-ring (bicyclic) bond motifs is 1. The van der Waals surface area contributed by atoms with Crippen molar-refractivity contribution in [3.8, 4) is 0 Å². The standard InChI is InChI=1S/C25H27ClFN3O2/c1-25(18-9-11-29(12-10-18)15-20-21(26)7-4-8-22(20)27)23(31)30(24(32)28-25)19-13-16-5-2-3-6-17(16)14-19/h2-8,18-19H,9-15H2,1H3,(H,28,32)/t25-/m1/s1. The zero-order valence-electron chi connectivity index (χ0n) is 18.1. The maximum absolute atomic E-state index is 14.2. The summed E-state index contributed by atoms with van der Waals surface area (Å²) < 4.78 is 14.2. The Kier molecular flexibility index (Phi) is 5.46. The molecule has 3 aliphatic rings. The van der Waals surface area contributed by atoms with E-state index in [1.807, 2.05) is 19.1 Å². The summed E-state index contributed by atoms with van der Waals surface area (Å²) in [7, 11) is 0. The molecule has 1 N–H and O–H groups in total. The lowest BCUT2D eigenvalue weighted by molar-refractivity contribution is -0.134. The maximum atomic E-state index is 14.2. The molecular weight excluding hydrogens is 429 g/mol. The summed E-state index contributed by atoms with van der Waals surface area (Å²) >= 11 is 6.19. The molecule has 0 bridgehead atoms. The van der Waals surface area contributed by atoms with Gasteiger partial charge < -0.3 is 5.32 Å². The van der Waals surface area contributed by atoms with E-state index in [0.29, 0.717) is 30.0 Å². The molecule has 5 rings (SSSR count). The van der Waals surface area contributed by atoms with Gasteiger partial charge in [-0.1, -0.05) is 41.9 Å². The molecule has 1 aliphatic carbocycles. The number of hydrogen-bond acceptors (Lipinski definition) is 3. The van der Waals surface area contributed by atoms with Crippen molar-refractivity contribution in [3.05, 3.63) is 70.0 Å². The molecule has 3 amide bonds. The van der Waals surface area contributed by atoms with E-state index in [-0.39, 0.29) is 29.7 Å². The van der Waals surface area contributed by atoms with Gasteiger partial charge in [0.25, 0.3) is 5.91 Å².